The van der Waals surface area contributed by atoms with Crippen molar-refractivity contribution in [1.29, 1.82) is 0 Å². The highest BCUT2D eigenvalue weighted by Crippen LogP contribution is 2.28. The van der Waals surface area contributed by atoms with E-state index in [9.17, 15) is 9.59 Å². The molecule has 34 heavy (non-hydrogen) atoms. The summed E-state index contributed by atoms with van der Waals surface area (Å²) >= 11 is 5.90. The number of nitrogens with zero attached hydrogens (tertiary/aromatic N) is 2. The molecule has 1 fully saturated rings. The molecule has 1 saturated heterocycles. The quantitative estimate of drug-likeness (QED) is 0.358. The predicted molar refractivity (Wildman–Crippen MR) is 134 cm³/mol. The van der Waals surface area contributed by atoms with Gasteiger partial charge < -0.3 is 14.8 Å². The van der Waals surface area contributed by atoms with Gasteiger partial charge in [0.05, 0.1) is 19.3 Å². The molecule has 1 aliphatic rings. The van der Waals surface area contributed by atoms with Crippen molar-refractivity contribution < 1.29 is 19.1 Å². The minimum absolute atomic E-state index is 0.118. The fourth-order valence-electron chi connectivity index (χ4n) is 3.48. The van der Waals surface area contributed by atoms with Gasteiger partial charge in [-0.2, -0.15) is 0 Å². The molecular formula is C26H28ClN3O4. The minimum atomic E-state index is -0.572. The van der Waals surface area contributed by atoms with Gasteiger partial charge in [-0.1, -0.05) is 53.6 Å². The van der Waals surface area contributed by atoms with Gasteiger partial charge in [0.1, 0.15) is 11.8 Å². The van der Waals surface area contributed by atoms with E-state index < -0.39 is 5.97 Å². The maximum absolute atomic E-state index is 12.0. The topological polar surface area (TPSA) is 80.8 Å². The van der Waals surface area contributed by atoms with E-state index in [4.69, 9.17) is 21.1 Å². The predicted octanol–water partition coefficient (Wildman–Crippen LogP) is 5.95. The van der Waals surface area contributed by atoms with E-state index in [0.29, 0.717) is 18.8 Å². The molecule has 7 nitrogen and oxygen atoms in total. The Morgan fingerprint density at radius 1 is 1.12 bits per heavy atom. The van der Waals surface area contributed by atoms with Crippen LogP contribution in [0.5, 0.6) is 0 Å². The Bertz CT molecular complexity index is 1150. The molecule has 1 aliphatic heterocycles. The van der Waals surface area contributed by atoms with Crippen molar-refractivity contribution in [2.75, 3.05) is 30.5 Å². The van der Waals surface area contributed by atoms with Crippen molar-refractivity contribution in [2.24, 2.45) is 0 Å². The first-order valence-corrected chi connectivity index (χ1v) is 11.2. The van der Waals surface area contributed by atoms with Gasteiger partial charge in [0.15, 0.2) is 5.69 Å². The fourth-order valence-corrected chi connectivity index (χ4v) is 3.63. The van der Waals surface area contributed by atoms with Crippen molar-refractivity contribution in [3.8, 4) is 0 Å². The number of hydrogen-bond acceptors (Lipinski definition) is 6. The number of cyclic esters (lactones) is 1. The standard InChI is InChI=1S/C19H20ClN3O4.C7H8/c1-11-8-13(10-14(9-11)23-6-7-27-19(23)25)12(2)21-15-4-5-16(20)22-17(15)18(24)26-3;1-7-5-3-2-4-6-7/h4-5,8-10,12,21H,6-7H2,1-3H3;2-6H,1H3. The maximum Gasteiger partial charge on any atom is 0.414 e. The van der Waals surface area contributed by atoms with Gasteiger partial charge in [0, 0.05) is 11.7 Å². The molecule has 8 heteroatoms. The number of aromatic nitrogens is 1. The zero-order chi connectivity index (χ0) is 24.7. The molecule has 0 saturated carbocycles. The average molecular weight is 482 g/mol. The number of benzene rings is 2. The molecule has 0 spiro atoms. The second kappa shape index (κ2) is 11.5. The molecule has 0 bridgehead atoms. The summed E-state index contributed by atoms with van der Waals surface area (Å²) < 4.78 is 9.80. The Balaban J connectivity index is 0.000000396. The van der Waals surface area contributed by atoms with Crippen LogP contribution in [0.4, 0.5) is 16.2 Å². The Morgan fingerprint density at radius 2 is 1.85 bits per heavy atom. The SMILES string of the molecule is COC(=O)c1nc(Cl)ccc1NC(C)c1cc(C)cc(N2CCOC2=O)c1.Cc1ccccc1. The number of anilines is 2. The lowest BCUT2D eigenvalue weighted by atomic mass is 10.0. The summed E-state index contributed by atoms with van der Waals surface area (Å²) in [6, 6.07) is 19.3. The highest BCUT2D eigenvalue weighted by atomic mass is 35.5. The molecular weight excluding hydrogens is 454 g/mol. The van der Waals surface area contributed by atoms with E-state index in [1.54, 1.807) is 17.0 Å². The van der Waals surface area contributed by atoms with E-state index in [2.05, 4.69) is 29.4 Å². The molecule has 1 N–H and O–H groups in total. The number of amides is 1. The second-order valence-corrected chi connectivity index (χ2v) is 8.30. The number of ether oxygens (including phenoxy) is 2. The second-order valence-electron chi connectivity index (χ2n) is 7.91. The first kappa shape index (κ1) is 25.1. The van der Waals surface area contributed by atoms with Gasteiger partial charge in [0.25, 0.3) is 0 Å². The fraction of sp³-hybridized carbons (Fsp3) is 0.269. The van der Waals surface area contributed by atoms with Crippen LogP contribution >= 0.6 is 11.6 Å². The first-order valence-electron chi connectivity index (χ1n) is 10.9. The first-order chi connectivity index (χ1) is 16.3. The maximum atomic E-state index is 12.0. The van der Waals surface area contributed by atoms with Crippen LogP contribution in [0.15, 0.2) is 60.7 Å². The van der Waals surface area contributed by atoms with Crippen LogP contribution in [-0.4, -0.2) is 37.3 Å². The third kappa shape index (κ3) is 6.48. The summed E-state index contributed by atoms with van der Waals surface area (Å²) in [5.41, 5.74) is 4.70. The van der Waals surface area contributed by atoms with Gasteiger partial charge in [-0.3, -0.25) is 4.90 Å². The van der Waals surface area contributed by atoms with Crippen molar-refractivity contribution >= 4 is 35.0 Å². The van der Waals surface area contributed by atoms with Gasteiger partial charge in [-0.05, 0) is 56.2 Å². The molecule has 1 amide bonds. The third-order valence-corrected chi connectivity index (χ3v) is 5.42. The highest BCUT2D eigenvalue weighted by Gasteiger charge is 2.24. The van der Waals surface area contributed by atoms with Crippen LogP contribution in [-0.2, 0) is 9.47 Å². The molecule has 0 radical (unpaired) electrons. The van der Waals surface area contributed by atoms with E-state index in [1.807, 2.05) is 50.2 Å². The summed E-state index contributed by atoms with van der Waals surface area (Å²) in [6.45, 7) is 6.91. The summed E-state index contributed by atoms with van der Waals surface area (Å²) in [4.78, 5) is 29.5. The lowest BCUT2D eigenvalue weighted by molar-refractivity contribution is 0.0595. The van der Waals surface area contributed by atoms with Crippen LogP contribution in [0.3, 0.4) is 0 Å². The van der Waals surface area contributed by atoms with Crippen LogP contribution in [0.1, 0.15) is 40.1 Å². The van der Waals surface area contributed by atoms with E-state index in [1.165, 1.54) is 12.7 Å². The number of nitrogens with one attached hydrogen (secondary N) is 1. The largest absolute Gasteiger partial charge is 0.464 e. The van der Waals surface area contributed by atoms with E-state index >= 15 is 0 Å². The summed E-state index contributed by atoms with van der Waals surface area (Å²) in [5.74, 6) is -0.572. The van der Waals surface area contributed by atoms with Crippen molar-refractivity contribution in [2.45, 2.75) is 26.8 Å². The highest BCUT2D eigenvalue weighted by molar-refractivity contribution is 6.29. The zero-order valence-corrected chi connectivity index (χ0v) is 20.4. The zero-order valence-electron chi connectivity index (χ0n) is 19.7. The molecule has 2 aromatic carbocycles. The normalized spacial score (nSPS) is 13.4. The number of methoxy groups -OCH3 is 1. The number of pyridine rings is 1. The number of hydrogen-bond donors (Lipinski definition) is 1. The molecule has 1 aromatic heterocycles. The smallest absolute Gasteiger partial charge is 0.414 e. The van der Waals surface area contributed by atoms with Gasteiger partial charge in [-0.15, -0.1) is 0 Å². The summed E-state index contributed by atoms with van der Waals surface area (Å²) in [6.07, 6.45) is -0.345. The van der Waals surface area contributed by atoms with Gasteiger partial charge >= 0.3 is 12.1 Å². The number of rotatable bonds is 5. The van der Waals surface area contributed by atoms with Gasteiger partial charge in [-0.25, -0.2) is 14.6 Å². The van der Waals surface area contributed by atoms with Crippen LogP contribution in [0, 0.1) is 13.8 Å². The Morgan fingerprint density at radius 3 is 2.44 bits per heavy atom. The van der Waals surface area contributed by atoms with E-state index in [-0.39, 0.29) is 23.0 Å². The van der Waals surface area contributed by atoms with Crippen LogP contribution < -0.4 is 10.2 Å². The number of carbonyl (C=O) groups is 2. The number of halogens is 1. The van der Waals surface area contributed by atoms with Gasteiger partial charge in [0.2, 0.25) is 0 Å². The Kier molecular flexibility index (Phi) is 8.49. The summed E-state index contributed by atoms with van der Waals surface area (Å²) in [5, 5.41) is 3.48. The third-order valence-electron chi connectivity index (χ3n) is 5.21. The summed E-state index contributed by atoms with van der Waals surface area (Å²) in [7, 11) is 1.29. The Labute approximate surface area is 204 Å². The molecule has 178 valence electrons. The monoisotopic (exact) mass is 481 g/mol. The lowest BCUT2D eigenvalue weighted by Crippen LogP contribution is -2.23. The average Bonchev–Trinajstić information content (AvgIpc) is 3.26. The number of carbonyl (C=O) groups excluding carboxylic acids is 2. The molecule has 3 aromatic rings. The van der Waals surface area contributed by atoms with Crippen molar-refractivity contribution in [1.82, 2.24) is 4.98 Å². The van der Waals surface area contributed by atoms with E-state index in [0.717, 1.165) is 16.8 Å². The molecule has 2 heterocycles. The lowest BCUT2D eigenvalue weighted by Gasteiger charge is -2.21. The number of esters is 1. The Hall–Kier alpha value is -3.58. The van der Waals surface area contributed by atoms with Crippen molar-refractivity contribution in [3.63, 3.8) is 0 Å². The molecule has 4 rings (SSSR count). The van der Waals surface area contributed by atoms with Crippen LogP contribution in [0.2, 0.25) is 5.15 Å². The molecule has 0 aliphatic carbocycles. The minimum Gasteiger partial charge on any atom is -0.464 e. The van der Waals surface area contributed by atoms with Crippen molar-refractivity contribution in [3.05, 3.63) is 88.2 Å². The molecule has 1 atom stereocenters. The van der Waals surface area contributed by atoms with Crippen LogP contribution in [0.25, 0.3) is 0 Å². The number of aryl methyl sites for hydroxylation is 2. The molecule has 1 unspecified atom stereocenters.